The molecule has 0 spiro atoms. The number of thiophene rings is 1. The quantitative estimate of drug-likeness (QED) is 0.168. The van der Waals surface area contributed by atoms with Crippen molar-refractivity contribution in [3.05, 3.63) is 212 Å². The Morgan fingerprint density at radius 2 is 0.825 bits per heavy atom. The van der Waals surface area contributed by atoms with Crippen LogP contribution in [0.4, 0.5) is 0 Å². The highest BCUT2D eigenvalue weighted by Gasteiger charge is 2.21. The van der Waals surface area contributed by atoms with Gasteiger partial charge in [0, 0.05) is 65.1 Å². The normalized spacial score (nSPS) is 11.8. The van der Waals surface area contributed by atoms with Crippen molar-refractivity contribution in [2.24, 2.45) is 0 Å². The molecule has 0 N–H and O–H groups in total. The molecule has 0 aliphatic carbocycles. The monoisotopic (exact) mass is 821 g/mol. The largest absolute Gasteiger partial charge is 0.309 e. The summed E-state index contributed by atoms with van der Waals surface area (Å²) in [5.41, 5.74) is 12.3. The van der Waals surface area contributed by atoms with Crippen molar-refractivity contribution in [1.82, 2.24) is 24.1 Å². The van der Waals surface area contributed by atoms with Gasteiger partial charge in [0.25, 0.3) is 0 Å². The van der Waals surface area contributed by atoms with Crippen molar-refractivity contribution in [1.29, 1.82) is 0 Å². The van der Waals surface area contributed by atoms with E-state index >= 15 is 0 Å². The lowest BCUT2D eigenvalue weighted by Crippen LogP contribution is -2.00. The van der Waals surface area contributed by atoms with Crippen LogP contribution in [0, 0.1) is 0 Å². The van der Waals surface area contributed by atoms with Crippen molar-refractivity contribution < 1.29 is 0 Å². The molecule has 6 heteroatoms. The number of nitrogens with zero attached hydrogens (tertiary/aromatic N) is 5. The molecule has 13 aromatic rings. The number of hydrogen-bond donors (Lipinski definition) is 0. The van der Waals surface area contributed by atoms with E-state index in [9.17, 15) is 0 Å². The average Bonchev–Trinajstić information content (AvgIpc) is 4.02. The molecule has 63 heavy (non-hydrogen) atoms. The lowest BCUT2D eigenvalue weighted by molar-refractivity contribution is 1.07. The SMILES string of the molecule is c1ccc(-c2ccc3c(c2)c2ccccc2n3-c2ccc3sc4c(ccc5c6cc(-c7nc(-c8ccccc8)nc(-c8ccccc8)n7)ccc6n(-c6ccccc6)c54)c3c2)cc1. The third kappa shape index (κ3) is 5.73. The Hall–Kier alpha value is -8.19. The molecule has 0 aliphatic rings. The molecule has 0 amide bonds. The first-order valence-corrected chi connectivity index (χ1v) is 22.0. The van der Waals surface area contributed by atoms with Crippen LogP contribution >= 0.6 is 11.3 Å². The summed E-state index contributed by atoms with van der Waals surface area (Å²) < 4.78 is 7.37. The third-order valence-corrected chi connectivity index (χ3v) is 13.6. The van der Waals surface area contributed by atoms with Crippen LogP contribution in [0.5, 0.6) is 0 Å². The van der Waals surface area contributed by atoms with Gasteiger partial charge in [0.1, 0.15) is 0 Å². The van der Waals surface area contributed by atoms with Crippen LogP contribution in [-0.4, -0.2) is 24.1 Å². The second kappa shape index (κ2) is 14.2. The maximum Gasteiger partial charge on any atom is 0.164 e. The first-order chi connectivity index (χ1) is 31.2. The standard InChI is InChI=1S/C57H35N5S/c1-5-15-36(16-6-1)39-25-30-50-46(33-39)43-23-13-14-24-49(43)61(50)42-27-32-52-48(35-42)45-29-28-44-47-34-40(26-31-51(47)62(53(44)54(45)63-52)41-21-11-4-12-22-41)57-59-55(37-17-7-2-8-18-37)58-56(60-57)38-19-9-3-10-20-38/h1-35H. The van der Waals surface area contributed by atoms with Gasteiger partial charge in [-0.3, -0.25) is 0 Å². The Morgan fingerprint density at radius 3 is 1.52 bits per heavy atom. The summed E-state index contributed by atoms with van der Waals surface area (Å²) in [4.78, 5) is 15.1. The van der Waals surface area contributed by atoms with E-state index in [1.807, 2.05) is 72.0 Å². The first kappa shape index (κ1) is 35.6. The van der Waals surface area contributed by atoms with Gasteiger partial charge in [-0.1, -0.05) is 146 Å². The van der Waals surface area contributed by atoms with Crippen molar-refractivity contribution in [3.8, 4) is 56.7 Å². The third-order valence-electron chi connectivity index (χ3n) is 12.4. The number of hydrogen-bond acceptors (Lipinski definition) is 4. The number of fused-ring (bicyclic) bond motifs is 10. The molecule has 0 radical (unpaired) electrons. The Bertz CT molecular complexity index is 3830. The van der Waals surface area contributed by atoms with E-state index in [1.54, 1.807) is 0 Å². The van der Waals surface area contributed by atoms with Gasteiger partial charge in [0.15, 0.2) is 17.5 Å². The predicted octanol–water partition coefficient (Wildman–Crippen LogP) is 15.1. The highest BCUT2D eigenvalue weighted by atomic mass is 32.1. The molecule has 0 bridgehead atoms. The van der Waals surface area contributed by atoms with Crippen molar-refractivity contribution in [2.75, 3.05) is 0 Å². The van der Waals surface area contributed by atoms with Crippen LogP contribution in [0.25, 0.3) is 120 Å². The Balaban J connectivity index is 1.01. The Labute approximate surface area is 366 Å². The van der Waals surface area contributed by atoms with Crippen molar-refractivity contribution in [2.45, 2.75) is 0 Å². The summed E-state index contributed by atoms with van der Waals surface area (Å²) in [5.74, 6) is 1.94. The van der Waals surface area contributed by atoms with Gasteiger partial charge in [-0.25, -0.2) is 15.0 Å². The van der Waals surface area contributed by atoms with E-state index in [1.165, 1.54) is 64.0 Å². The summed E-state index contributed by atoms with van der Waals surface area (Å²) in [6.07, 6.45) is 0. The van der Waals surface area contributed by atoms with Crippen molar-refractivity contribution in [3.63, 3.8) is 0 Å². The molecule has 0 aliphatic heterocycles. The van der Waals surface area contributed by atoms with Crippen LogP contribution in [0.15, 0.2) is 212 Å². The van der Waals surface area contributed by atoms with Crippen LogP contribution in [0.1, 0.15) is 0 Å². The molecule has 4 aromatic heterocycles. The van der Waals surface area contributed by atoms with Crippen molar-refractivity contribution >= 4 is 75.1 Å². The van der Waals surface area contributed by atoms with Crippen LogP contribution in [-0.2, 0) is 0 Å². The van der Waals surface area contributed by atoms with Crippen LogP contribution in [0.3, 0.4) is 0 Å². The van der Waals surface area contributed by atoms with Gasteiger partial charge in [-0.2, -0.15) is 0 Å². The second-order valence-corrected chi connectivity index (χ2v) is 17.1. The zero-order valence-electron chi connectivity index (χ0n) is 33.9. The zero-order valence-corrected chi connectivity index (χ0v) is 34.7. The maximum absolute atomic E-state index is 5.09. The van der Waals surface area contributed by atoms with Gasteiger partial charge < -0.3 is 9.13 Å². The second-order valence-electron chi connectivity index (χ2n) is 16.0. The molecule has 0 fully saturated rings. The Morgan fingerprint density at radius 1 is 0.302 bits per heavy atom. The lowest BCUT2D eigenvalue weighted by atomic mass is 10.0. The molecule has 0 saturated heterocycles. The topological polar surface area (TPSA) is 48.5 Å². The minimum atomic E-state index is 0.641. The van der Waals surface area contributed by atoms with E-state index in [2.05, 4.69) is 161 Å². The summed E-state index contributed by atoms with van der Waals surface area (Å²) in [7, 11) is 0. The van der Waals surface area contributed by atoms with Gasteiger partial charge in [-0.15, -0.1) is 11.3 Å². The molecule has 0 atom stereocenters. The molecule has 9 aromatic carbocycles. The minimum Gasteiger partial charge on any atom is -0.309 e. The Kier molecular flexibility index (Phi) is 8.01. The number of aromatic nitrogens is 5. The van der Waals surface area contributed by atoms with E-state index < -0.39 is 0 Å². The first-order valence-electron chi connectivity index (χ1n) is 21.2. The van der Waals surface area contributed by atoms with Gasteiger partial charge in [-0.05, 0) is 77.9 Å². The molecule has 5 nitrogen and oxygen atoms in total. The fourth-order valence-corrected chi connectivity index (χ4v) is 10.7. The summed E-state index contributed by atoms with van der Waals surface area (Å²) >= 11 is 1.86. The zero-order chi connectivity index (χ0) is 41.4. The lowest BCUT2D eigenvalue weighted by Gasteiger charge is -2.10. The van der Waals surface area contributed by atoms with Crippen LogP contribution < -0.4 is 0 Å². The average molecular weight is 822 g/mol. The maximum atomic E-state index is 5.09. The fraction of sp³-hybridized carbons (Fsp3) is 0. The number of benzene rings is 9. The summed E-state index contributed by atoms with van der Waals surface area (Å²) in [5, 5.41) is 7.33. The number of para-hydroxylation sites is 2. The van der Waals surface area contributed by atoms with Gasteiger partial charge >= 0.3 is 0 Å². The van der Waals surface area contributed by atoms with E-state index in [-0.39, 0.29) is 0 Å². The van der Waals surface area contributed by atoms with E-state index in [0.717, 1.165) is 39.0 Å². The van der Waals surface area contributed by atoms with E-state index in [0.29, 0.717) is 17.5 Å². The van der Waals surface area contributed by atoms with Crippen LogP contribution in [0.2, 0.25) is 0 Å². The molecule has 13 rings (SSSR count). The summed E-state index contributed by atoms with van der Waals surface area (Å²) in [6, 6.07) is 75.6. The molecule has 294 valence electrons. The smallest absolute Gasteiger partial charge is 0.164 e. The molecule has 0 unspecified atom stereocenters. The van der Waals surface area contributed by atoms with Gasteiger partial charge in [0.2, 0.25) is 0 Å². The molecular formula is C57H35N5S. The minimum absolute atomic E-state index is 0.641. The molecular weight excluding hydrogens is 787 g/mol. The highest BCUT2D eigenvalue weighted by Crippen LogP contribution is 2.45. The predicted molar refractivity (Wildman–Crippen MR) is 263 cm³/mol. The fourth-order valence-electron chi connectivity index (χ4n) is 9.44. The molecule has 4 heterocycles. The summed E-state index contributed by atoms with van der Waals surface area (Å²) in [6.45, 7) is 0. The molecule has 0 saturated carbocycles. The highest BCUT2D eigenvalue weighted by molar-refractivity contribution is 7.26. The van der Waals surface area contributed by atoms with Gasteiger partial charge in [0.05, 0.1) is 26.8 Å². The van der Waals surface area contributed by atoms with E-state index in [4.69, 9.17) is 15.0 Å². The number of rotatable bonds is 6.